The first-order valence-corrected chi connectivity index (χ1v) is 8.67. The van der Waals surface area contributed by atoms with E-state index in [1.54, 1.807) is 6.07 Å². The minimum absolute atomic E-state index is 0.00674. The maximum atomic E-state index is 11.9. The molecule has 4 heteroatoms. The maximum Gasteiger partial charge on any atom is 0.249 e. The number of primary amides is 1. The van der Waals surface area contributed by atoms with Crippen molar-refractivity contribution < 1.29 is 9.90 Å². The molecule has 0 aromatic heterocycles. The number of carbonyl (C=O) groups excluding carboxylic acids is 1. The Kier molecular flexibility index (Phi) is 6.28. The minimum atomic E-state index is -0.519. The van der Waals surface area contributed by atoms with Crippen molar-refractivity contribution in [3.8, 4) is 5.75 Å². The molecule has 3 N–H and O–H groups in total. The van der Waals surface area contributed by atoms with Crippen LogP contribution >= 0.6 is 11.6 Å². The second-order valence-corrected chi connectivity index (χ2v) is 6.32. The third-order valence-corrected chi connectivity index (χ3v) is 4.64. The van der Waals surface area contributed by atoms with Gasteiger partial charge >= 0.3 is 0 Å². The summed E-state index contributed by atoms with van der Waals surface area (Å²) < 4.78 is 0. The topological polar surface area (TPSA) is 63.3 Å². The molecule has 0 aliphatic rings. The zero-order valence-corrected chi connectivity index (χ0v) is 14.3. The molecule has 2 rings (SSSR count). The lowest BCUT2D eigenvalue weighted by atomic mass is 9.93. The van der Waals surface area contributed by atoms with Gasteiger partial charge in [0.1, 0.15) is 5.75 Å². The van der Waals surface area contributed by atoms with E-state index in [1.165, 1.54) is 25.7 Å². The van der Waals surface area contributed by atoms with Crippen LogP contribution in [-0.4, -0.2) is 11.0 Å². The van der Waals surface area contributed by atoms with Crippen LogP contribution in [0.3, 0.4) is 0 Å². The van der Waals surface area contributed by atoms with Crippen LogP contribution in [0.4, 0.5) is 0 Å². The van der Waals surface area contributed by atoms with Gasteiger partial charge in [0.2, 0.25) is 5.91 Å². The molecule has 0 fully saturated rings. The predicted octanol–water partition coefficient (Wildman–Crippen LogP) is 5.20. The Morgan fingerprint density at radius 3 is 2.35 bits per heavy atom. The van der Waals surface area contributed by atoms with E-state index in [2.05, 4.69) is 6.92 Å². The van der Waals surface area contributed by atoms with Crippen LogP contribution in [0.1, 0.15) is 61.4 Å². The van der Waals surface area contributed by atoms with Crippen molar-refractivity contribution in [3.63, 3.8) is 0 Å². The lowest BCUT2D eigenvalue weighted by Gasteiger charge is -2.15. The summed E-state index contributed by atoms with van der Waals surface area (Å²) in [6.07, 6.45) is 7.45. The fourth-order valence-electron chi connectivity index (χ4n) is 3.04. The smallest absolute Gasteiger partial charge is 0.249 e. The normalized spacial score (nSPS) is 11.0. The number of fused-ring (bicyclic) bond motifs is 1. The van der Waals surface area contributed by atoms with Crippen molar-refractivity contribution >= 4 is 28.3 Å². The molecule has 124 valence electrons. The number of aromatic hydroxyl groups is 1. The van der Waals surface area contributed by atoms with E-state index in [0.717, 1.165) is 12.8 Å². The zero-order chi connectivity index (χ0) is 16.8. The fraction of sp³-hybridized carbons (Fsp3) is 0.421. The quantitative estimate of drug-likeness (QED) is 0.652. The molecular weight excluding hydrogens is 310 g/mol. The second kappa shape index (κ2) is 8.21. The predicted molar refractivity (Wildman–Crippen MR) is 96.2 cm³/mol. The highest BCUT2D eigenvalue weighted by Gasteiger charge is 2.20. The number of amides is 1. The molecular formula is C19H24ClNO2. The molecule has 23 heavy (non-hydrogen) atoms. The van der Waals surface area contributed by atoms with Crippen molar-refractivity contribution in [2.24, 2.45) is 5.73 Å². The summed E-state index contributed by atoms with van der Waals surface area (Å²) in [6.45, 7) is 2.19. The van der Waals surface area contributed by atoms with Crippen LogP contribution in [0, 0.1) is 0 Å². The Balaban J connectivity index is 2.29. The molecule has 0 saturated heterocycles. The van der Waals surface area contributed by atoms with Gasteiger partial charge in [0.05, 0.1) is 10.6 Å². The first-order valence-electron chi connectivity index (χ1n) is 8.29. The molecule has 0 unspecified atom stereocenters. The van der Waals surface area contributed by atoms with E-state index in [4.69, 9.17) is 17.3 Å². The van der Waals surface area contributed by atoms with Crippen LogP contribution in [-0.2, 0) is 6.42 Å². The molecule has 0 saturated carbocycles. The lowest BCUT2D eigenvalue weighted by Crippen LogP contribution is -2.15. The van der Waals surface area contributed by atoms with Gasteiger partial charge in [-0.05, 0) is 18.2 Å². The fourth-order valence-corrected chi connectivity index (χ4v) is 3.32. The number of unbranched alkanes of at least 4 members (excludes halogenated alkanes) is 5. The summed E-state index contributed by atoms with van der Waals surface area (Å²) in [6, 6.07) is 7.28. The molecule has 0 spiro atoms. The number of benzene rings is 2. The summed E-state index contributed by atoms with van der Waals surface area (Å²) in [5, 5.41) is 12.1. The highest BCUT2D eigenvalue weighted by molar-refractivity contribution is 6.38. The highest BCUT2D eigenvalue weighted by Crippen LogP contribution is 2.39. The molecule has 0 aliphatic carbocycles. The summed E-state index contributed by atoms with van der Waals surface area (Å²) >= 11 is 6.29. The van der Waals surface area contributed by atoms with Crippen LogP contribution < -0.4 is 5.73 Å². The van der Waals surface area contributed by atoms with Gasteiger partial charge in [-0.3, -0.25) is 4.79 Å². The van der Waals surface area contributed by atoms with Crippen molar-refractivity contribution in [3.05, 3.63) is 40.4 Å². The number of phenolic OH excluding ortho intramolecular Hbond substituents is 1. The van der Waals surface area contributed by atoms with E-state index in [-0.39, 0.29) is 5.75 Å². The Hall–Kier alpha value is -1.74. The summed E-state index contributed by atoms with van der Waals surface area (Å²) in [7, 11) is 0. The number of phenols is 1. The van der Waals surface area contributed by atoms with Crippen LogP contribution in [0.2, 0.25) is 5.02 Å². The maximum absolute atomic E-state index is 11.9. The Morgan fingerprint density at radius 1 is 1.09 bits per heavy atom. The summed E-state index contributed by atoms with van der Waals surface area (Å²) in [4.78, 5) is 11.9. The van der Waals surface area contributed by atoms with E-state index < -0.39 is 5.91 Å². The average molecular weight is 334 g/mol. The molecule has 0 aliphatic heterocycles. The number of carbonyl (C=O) groups is 1. The Morgan fingerprint density at radius 2 is 1.70 bits per heavy atom. The van der Waals surface area contributed by atoms with E-state index in [1.807, 2.05) is 18.2 Å². The van der Waals surface area contributed by atoms with Gasteiger partial charge in [-0.2, -0.15) is 0 Å². The summed E-state index contributed by atoms with van der Waals surface area (Å²) in [5.74, 6) is -0.526. The molecule has 1 amide bonds. The molecule has 0 bridgehead atoms. The largest absolute Gasteiger partial charge is 0.506 e. The van der Waals surface area contributed by atoms with Crippen LogP contribution in [0.25, 0.3) is 10.8 Å². The van der Waals surface area contributed by atoms with Gasteiger partial charge in [0.25, 0.3) is 0 Å². The van der Waals surface area contributed by atoms with Gasteiger partial charge in [0, 0.05) is 10.9 Å². The number of hydrogen-bond donors (Lipinski definition) is 2. The van der Waals surface area contributed by atoms with Crippen molar-refractivity contribution in [2.45, 2.75) is 51.9 Å². The standard InChI is InChI=1S/C19H24ClNO2/c1-2-3-4-5-6-7-12-15-16(19(21)23)13-10-8-9-11-14(13)17(20)18(15)22/h8-11,22H,2-7,12H2,1H3,(H2,21,23). The Labute approximate surface area is 142 Å². The third kappa shape index (κ3) is 3.97. The van der Waals surface area contributed by atoms with Gasteiger partial charge in [-0.1, -0.05) is 74.9 Å². The van der Waals surface area contributed by atoms with Crippen molar-refractivity contribution in [2.75, 3.05) is 0 Å². The van der Waals surface area contributed by atoms with Crippen molar-refractivity contribution in [1.82, 2.24) is 0 Å². The number of nitrogens with two attached hydrogens (primary N) is 1. The molecule has 0 radical (unpaired) electrons. The molecule has 3 nitrogen and oxygen atoms in total. The summed E-state index contributed by atoms with van der Waals surface area (Å²) in [5.41, 5.74) is 6.56. The highest BCUT2D eigenvalue weighted by atomic mass is 35.5. The van der Waals surface area contributed by atoms with Gasteiger partial charge < -0.3 is 10.8 Å². The monoisotopic (exact) mass is 333 g/mol. The second-order valence-electron chi connectivity index (χ2n) is 5.94. The molecule has 2 aromatic rings. The number of halogens is 1. The van der Waals surface area contributed by atoms with Gasteiger partial charge in [0.15, 0.2) is 0 Å². The zero-order valence-electron chi connectivity index (χ0n) is 13.6. The first kappa shape index (κ1) is 17.6. The van der Waals surface area contributed by atoms with E-state index in [0.29, 0.717) is 33.3 Å². The van der Waals surface area contributed by atoms with Crippen LogP contribution in [0.15, 0.2) is 24.3 Å². The molecule has 0 atom stereocenters. The first-order chi connectivity index (χ1) is 11.1. The Bertz CT molecular complexity index is 697. The lowest BCUT2D eigenvalue weighted by molar-refractivity contribution is 0.100. The van der Waals surface area contributed by atoms with Crippen molar-refractivity contribution in [1.29, 1.82) is 0 Å². The minimum Gasteiger partial charge on any atom is -0.506 e. The molecule has 2 aromatic carbocycles. The van der Waals surface area contributed by atoms with Gasteiger partial charge in [-0.25, -0.2) is 0 Å². The molecule has 0 heterocycles. The van der Waals surface area contributed by atoms with E-state index in [9.17, 15) is 9.90 Å². The number of rotatable bonds is 8. The van der Waals surface area contributed by atoms with Gasteiger partial charge in [-0.15, -0.1) is 0 Å². The SMILES string of the molecule is CCCCCCCCc1c(O)c(Cl)c2ccccc2c1C(N)=O. The third-order valence-electron chi connectivity index (χ3n) is 4.26. The number of hydrogen-bond acceptors (Lipinski definition) is 2. The average Bonchev–Trinajstić information content (AvgIpc) is 2.54. The van der Waals surface area contributed by atoms with Crippen LogP contribution in [0.5, 0.6) is 5.75 Å². The van der Waals surface area contributed by atoms with E-state index >= 15 is 0 Å².